The second-order valence-electron chi connectivity index (χ2n) is 2.31. The summed E-state index contributed by atoms with van der Waals surface area (Å²) in [5, 5.41) is 15.1. The fourth-order valence-corrected chi connectivity index (χ4v) is 1.38. The third kappa shape index (κ3) is 2.41. The van der Waals surface area contributed by atoms with Crippen LogP contribution >= 0.6 is 22.6 Å². The lowest BCUT2D eigenvalue weighted by molar-refractivity contribution is -0.418. The van der Waals surface area contributed by atoms with Crippen molar-refractivity contribution in [1.82, 2.24) is 10.6 Å². The van der Waals surface area contributed by atoms with Gasteiger partial charge in [0.15, 0.2) is 0 Å². The van der Waals surface area contributed by atoms with E-state index in [4.69, 9.17) is 0 Å². The van der Waals surface area contributed by atoms with Gasteiger partial charge >= 0.3 is 6.03 Å². The van der Waals surface area contributed by atoms with Crippen molar-refractivity contribution in [3.63, 3.8) is 0 Å². The first-order valence-corrected chi connectivity index (χ1v) is 4.51. The van der Waals surface area contributed by atoms with Crippen LogP contribution in [0.4, 0.5) is 4.79 Å². The Bertz CT molecular complexity index is 312. The van der Waals surface area contributed by atoms with Crippen LogP contribution in [0.3, 0.4) is 0 Å². The van der Waals surface area contributed by atoms with Crippen LogP contribution < -0.4 is 10.6 Å². The Kier molecular flexibility index (Phi) is 2.86. The van der Waals surface area contributed by atoms with Crippen LogP contribution in [0.1, 0.15) is 0 Å². The average Bonchev–Trinajstić information content (AvgIpc) is 2.30. The van der Waals surface area contributed by atoms with Crippen LogP contribution in [0.5, 0.6) is 0 Å². The number of hydrogen-bond acceptors (Lipinski definition) is 3. The summed E-state index contributed by atoms with van der Waals surface area (Å²) >= 11 is 1.94. The highest BCUT2D eigenvalue weighted by Crippen LogP contribution is 2.14. The van der Waals surface area contributed by atoms with Gasteiger partial charge in [0.05, 0.1) is 10.6 Å². The molecular weight excluding hydrogens is 289 g/mol. The van der Waals surface area contributed by atoms with Gasteiger partial charge in [-0.15, -0.1) is 0 Å². The molecular formula is C6H6IN3O3. The first-order chi connectivity index (χ1) is 6.00. The van der Waals surface area contributed by atoms with Gasteiger partial charge in [0.1, 0.15) is 4.05 Å². The zero-order valence-electron chi connectivity index (χ0n) is 6.41. The normalized spacial score (nSPS) is 23.9. The van der Waals surface area contributed by atoms with Crippen LogP contribution in [0.2, 0.25) is 0 Å². The molecule has 0 aromatic heterocycles. The monoisotopic (exact) mass is 295 g/mol. The Balaban J connectivity index is 2.77. The Labute approximate surface area is 87.4 Å². The third-order valence-electron chi connectivity index (χ3n) is 1.35. The number of allylic oxidation sites excluding steroid dienone is 1. The molecule has 1 unspecified atom stereocenters. The molecule has 1 aliphatic rings. The Morgan fingerprint density at radius 1 is 1.77 bits per heavy atom. The summed E-state index contributed by atoms with van der Waals surface area (Å²) in [6, 6.07) is -0.359. The number of nitrogens with one attached hydrogen (secondary N) is 2. The first-order valence-electron chi connectivity index (χ1n) is 3.27. The van der Waals surface area contributed by atoms with E-state index in [1.165, 1.54) is 6.08 Å². The molecule has 0 aromatic rings. The molecule has 0 spiro atoms. The molecule has 1 atom stereocenters. The van der Waals surface area contributed by atoms with E-state index in [1.54, 1.807) is 0 Å². The predicted octanol–water partition coefficient (Wildman–Crippen LogP) is 0.735. The minimum absolute atomic E-state index is 0.249. The van der Waals surface area contributed by atoms with Crippen molar-refractivity contribution in [2.75, 3.05) is 0 Å². The van der Waals surface area contributed by atoms with Crippen molar-refractivity contribution in [3.8, 4) is 0 Å². The molecule has 1 saturated heterocycles. The summed E-state index contributed by atoms with van der Waals surface area (Å²) in [4.78, 5) is 20.3. The molecule has 1 rings (SSSR count). The maximum absolute atomic E-state index is 10.7. The van der Waals surface area contributed by atoms with Gasteiger partial charge in [0.2, 0.25) is 0 Å². The van der Waals surface area contributed by atoms with Gasteiger partial charge in [-0.3, -0.25) is 10.1 Å². The van der Waals surface area contributed by atoms with Crippen molar-refractivity contribution in [2.45, 2.75) is 4.05 Å². The summed E-state index contributed by atoms with van der Waals surface area (Å²) in [5.74, 6) is 0. The van der Waals surface area contributed by atoms with Gasteiger partial charge in [0, 0.05) is 6.08 Å². The Morgan fingerprint density at radius 3 is 2.77 bits per heavy atom. The molecule has 6 nitrogen and oxygen atoms in total. The molecule has 0 aromatic carbocycles. The molecule has 0 aliphatic carbocycles. The Morgan fingerprint density at radius 2 is 2.38 bits per heavy atom. The van der Waals surface area contributed by atoms with Crippen LogP contribution in [0, 0.1) is 10.1 Å². The fraction of sp³-hybridized carbons (Fsp3) is 0.167. The van der Waals surface area contributed by atoms with E-state index in [9.17, 15) is 14.9 Å². The lowest BCUT2D eigenvalue weighted by Crippen LogP contribution is -2.22. The van der Waals surface area contributed by atoms with Gasteiger partial charge in [-0.05, 0) is 6.58 Å². The molecule has 70 valence electrons. The Hall–Kier alpha value is -1.12. The minimum Gasteiger partial charge on any atom is -0.321 e. The number of alkyl halides is 1. The molecule has 1 aliphatic heterocycles. The molecule has 7 heteroatoms. The molecule has 2 N–H and O–H groups in total. The topological polar surface area (TPSA) is 84.3 Å². The maximum Gasteiger partial charge on any atom is 0.320 e. The van der Waals surface area contributed by atoms with Crippen LogP contribution in [-0.4, -0.2) is 15.0 Å². The molecule has 13 heavy (non-hydrogen) atoms. The number of hydrogen-bond donors (Lipinski definition) is 2. The summed E-state index contributed by atoms with van der Waals surface area (Å²) in [6.07, 6.45) is 1.23. The molecule has 0 saturated carbocycles. The molecule has 2 amide bonds. The van der Waals surface area contributed by atoms with Crippen molar-refractivity contribution in [1.29, 1.82) is 0 Å². The van der Waals surface area contributed by atoms with Crippen LogP contribution in [0.25, 0.3) is 0 Å². The van der Waals surface area contributed by atoms with Crippen molar-refractivity contribution in [2.24, 2.45) is 0 Å². The first kappa shape index (κ1) is 9.96. The largest absolute Gasteiger partial charge is 0.321 e. The van der Waals surface area contributed by atoms with Crippen molar-refractivity contribution in [3.05, 3.63) is 34.2 Å². The average molecular weight is 295 g/mol. The third-order valence-corrected chi connectivity index (χ3v) is 2.33. The van der Waals surface area contributed by atoms with Crippen LogP contribution in [0.15, 0.2) is 24.0 Å². The number of carbonyl (C=O) groups is 1. The number of carbonyl (C=O) groups excluding carboxylic acids is 1. The highest BCUT2D eigenvalue weighted by Gasteiger charge is 2.24. The number of rotatable bonds is 2. The lowest BCUT2D eigenvalue weighted by Gasteiger charge is -1.98. The van der Waals surface area contributed by atoms with Gasteiger partial charge in [-0.2, -0.15) is 0 Å². The highest BCUT2D eigenvalue weighted by molar-refractivity contribution is 14.1. The highest BCUT2D eigenvalue weighted by atomic mass is 127. The molecule has 1 heterocycles. The van der Waals surface area contributed by atoms with Gasteiger partial charge in [-0.25, -0.2) is 4.79 Å². The predicted molar refractivity (Wildman–Crippen MR) is 53.7 cm³/mol. The number of halogens is 1. The summed E-state index contributed by atoms with van der Waals surface area (Å²) in [7, 11) is 0. The summed E-state index contributed by atoms with van der Waals surface area (Å²) < 4.78 is -0.262. The smallest absolute Gasteiger partial charge is 0.320 e. The quantitative estimate of drug-likeness (QED) is 0.259. The van der Waals surface area contributed by atoms with E-state index in [1.807, 2.05) is 22.6 Å². The number of urea groups is 1. The number of nitro groups is 1. The van der Waals surface area contributed by atoms with E-state index >= 15 is 0 Å². The molecule has 0 radical (unpaired) electrons. The van der Waals surface area contributed by atoms with Crippen molar-refractivity contribution < 1.29 is 9.72 Å². The summed E-state index contributed by atoms with van der Waals surface area (Å²) in [5.41, 5.74) is 0.202. The van der Waals surface area contributed by atoms with E-state index in [2.05, 4.69) is 17.2 Å². The van der Waals surface area contributed by atoms with Gasteiger partial charge in [0.25, 0.3) is 5.70 Å². The standard InChI is InChI=1S/C6H6IN3O3/c1-3(10(12)13)2-4-5(7)9-6(11)8-4/h2,5H,1H2,(H2,8,9,11)/b4-2+. The lowest BCUT2D eigenvalue weighted by atomic mass is 10.3. The molecule has 0 bridgehead atoms. The minimum atomic E-state index is -0.610. The SMILES string of the molecule is C=C(/C=C1/NC(=O)NC1I)[N+](=O)[O-]. The molecule has 1 fully saturated rings. The van der Waals surface area contributed by atoms with E-state index in [-0.39, 0.29) is 15.8 Å². The number of amides is 2. The van der Waals surface area contributed by atoms with E-state index < -0.39 is 4.92 Å². The zero-order chi connectivity index (χ0) is 10.0. The van der Waals surface area contributed by atoms with Gasteiger partial charge in [-0.1, -0.05) is 22.6 Å². The second-order valence-corrected chi connectivity index (χ2v) is 3.55. The maximum atomic E-state index is 10.7. The van der Waals surface area contributed by atoms with E-state index in [0.717, 1.165) is 0 Å². The second kappa shape index (κ2) is 3.73. The number of nitrogens with zero attached hydrogens (tertiary/aromatic N) is 1. The summed E-state index contributed by atoms with van der Waals surface area (Å²) in [6.45, 7) is 3.22. The fourth-order valence-electron chi connectivity index (χ4n) is 0.765. The van der Waals surface area contributed by atoms with Gasteiger partial charge < -0.3 is 10.6 Å². The van der Waals surface area contributed by atoms with E-state index in [0.29, 0.717) is 5.70 Å². The zero-order valence-corrected chi connectivity index (χ0v) is 8.57. The van der Waals surface area contributed by atoms with Crippen molar-refractivity contribution >= 4 is 28.6 Å². The van der Waals surface area contributed by atoms with Crippen LogP contribution in [-0.2, 0) is 0 Å².